The number of hydrogen-bond donors (Lipinski definition) is 2. The SMILES string of the molecule is COc1nccnc1C(CCc1cccnc1)NN. The highest BCUT2D eigenvalue weighted by atomic mass is 16.5. The average molecular weight is 259 g/mol. The lowest BCUT2D eigenvalue weighted by molar-refractivity contribution is 0.374. The quantitative estimate of drug-likeness (QED) is 0.595. The predicted octanol–water partition coefficient (Wildman–Crippen LogP) is 1.02. The zero-order valence-corrected chi connectivity index (χ0v) is 10.8. The molecule has 6 nitrogen and oxygen atoms in total. The minimum atomic E-state index is -0.108. The van der Waals surface area contributed by atoms with E-state index >= 15 is 0 Å². The van der Waals surface area contributed by atoms with Gasteiger partial charge in [0.25, 0.3) is 0 Å². The Kier molecular flexibility index (Phi) is 4.77. The minimum Gasteiger partial charge on any atom is -0.480 e. The molecule has 0 spiro atoms. The van der Waals surface area contributed by atoms with E-state index < -0.39 is 0 Å². The highest BCUT2D eigenvalue weighted by Crippen LogP contribution is 2.23. The highest BCUT2D eigenvalue weighted by Gasteiger charge is 2.17. The first kappa shape index (κ1) is 13.4. The monoisotopic (exact) mass is 259 g/mol. The molecule has 0 saturated carbocycles. The van der Waals surface area contributed by atoms with Gasteiger partial charge in [-0.05, 0) is 24.5 Å². The molecule has 0 radical (unpaired) electrons. The van der Waals surface area contributed by atoms with Gasteiger partial charge in [0.1, 0.15) is 5.69 Å². The molecule has 0 bridgehead atoms. The normalized spacial score (nSPS) is 12.1. The maximum Gasteiger partial charge on any atom is 0.237 e. The molecule has 2 aromatic rings. The van der Waals surface area contributed by atoms with Crippen LogP contribution < -0.4 is 16.0 Å². The van der Waals surface area contributed by atoms with Crippen molar-refractivity contribution < 1.29 is 4.74 Å². The lowest BCUT2D eigenvalue weighted by atomic mass is 10.0. The van der Waals surface area contributed by atoms with Gasteiger partial charge in [-0.1, -0.05) is 6.07 Å². The molecule has 0 fully saturated rings. The lowest BCUT2D eigenvalue weighted by Crippen LogP contribution is -2.29. The summed E-state index contributed by atoms with van der Waals surface area (Å²) in [5.74, 6) is 6.10. The van der Waals surface area contributed by atoms with Gasteiger partial charge in [0, 0.05) is 24.8 Å². The summed E-state index contributed by atoms with van der Waals surface area (Å²) in [4.78, 5) is 12.5. The van der Waals surface area contributed by atoms with E-state index in [1.165, 1.54) is 0 Å². The number of methoxy groups -OCH3 is 1. The summed E-state index contributed by atoms with van der Waals surface area (Å²) < 4.78 is 5.20. The molecular formula is C13H17N5O. The van der Waals surface area contributed by atoms with Gasteiger partial charge in [0.15, 0.2) is 0 Å². The molecule has 2 heterocycles. The van der Waals surface area contributed by atoms with Crippen molar-refractivity contribution in [2.75, 3.05) is 7.11 Å². The highest BCUT2D eigenvalue weighted by molar-refractivity contribution is 5.21. The third-order valence-electron chi connectivity index (χ3n) is 2.86. The smallest absolute Gasteiger partial charge is 0.237 e. The van der Waals surface area contributed by atoms with Crippen LogP contribution in [-0.2, 0) is 6.42 Å². The Balaban J connectivity index is 2.08. The maximum atomic E-state index is 5.60. The minimum absolute atomic E-state index is 0.108. The van der Waals surface area contributed by atoms with Crippen LogP contribution in [0.25, 0.3) is 0 Å². The maximum absolute atomic E-state index is 5.60. The number of ether oxygens (including phenoxy) is 1. The van der Waals surface area contributed by atoms with Gasteiger partial charge in [0.05, 0.1) is 13.2 Å². The Morgan fingerprint density at radius 3 is 2.84 bits per heavy atom. The molecule has 19 heavy (non-hydrogen) atoms. The number of nitrogens with zero attached hydrogens (tertiary/aromatic N) is 3. The van der Waals surface area contributed by atoms with E-state index in [0.29, 0.717) is 5.88 Å². The van der Waals surface area contributed by atoms with Gasteiger partial charge in [-0.3, -0.25) is 21.2 Å². The fraction of sp³-hybridized carbons (Fsp3) is 0.308. The largest absolute Gasteiger partial charge is 0.480 e. The van der Waals surface area contributed by atoms with E-state index in [9.17, 15) is 0 Å². The number of nitrogens with two attached hydrogens (primary N) is 1. The summed E-state index contributed by atoms with van der Waals surface area (Å²) in [5, 5.41) is 0. The van der Waals surface area contributed by atoms with Crippen molar-refractivity contribution in [2.24, 2.45) is 5.84 Å². The third-order valence-corrected chi connectivity index (χ3v) is 2.86. The molecule has 2 aromatic heterocycles. The Bertz CT molecular complexity index is 505. The van der Waals surface area contributed by atoms with Crippen LogP contribution in [0.4, 0.5) is 0 Å². The van der Waals surface area contributed by atoms with E-state index in [-0.39, 0.29) is 6.04 Å². The predicted molar refractivity (Wildman–Crippen MR) is 71.2 cm³/mol. The Morgan fingerprint density at radius 2 is 2.16 bits per heavy atom. The molecule has 3 N–H and O–H groups in total. The second kappa shape index (κ2) is 6.77. The zero-order chi connectivity index (χ0) is 13.5. The van der Waals surface area contributed by atoms with Gasteiger partial charge in [-0.25, -0.2) is 4.98 Å². The summed E-state index contributed by atoms with van der Waals surface area (Å²) >= 11 is 0. The Hall–Kier alpha value is -2.05. The van der Waals surface area contributed by atoms with Crippen molar-refractivity contribution in [3.05, 3.63) is 48.2 Å². The van der Waals surface area contributed by atoms with Crippen molar-refractivity contribution in [1.29, 1.82) is 0 Å². The summed E-state index contributed by atoms with van der Waals surface area (Å²) in [6.07, 6.45) is 8.47. The first-order valence-corrected chi connectivity index (χ1v) is 6.05. The van der Waals surface area contributed by atoms with Gasteiger partial charge in [0.2, 0.25) is 5.88 Å². The molecule has 2 rings (SSSR count). The van der Waals surface area contributed by atoms with Crippen LogP contribution in [0.3, 0.4) is 0 Å². The second-order valence-electron chi connectivity index (χ2n) is 4.07. The van der Waals surface area contributed by atoms with Gasteiger partial charge >= 0.3 is 0 Å². The Morgan fingerprint density at radius 1 is 1.32 bits per heavy atom. The van der Waals surface area contributed by atoms with Crippen LogP contribution >= 0.6 is 0 Å². The van der Waals surface area contributed by atoms with Crippen molar-refractivity contribution in [3.63, 3.8) is 0 Å². The van der Waals surface area contributed by atoms with Crippen LogP contribution in [-0.4, -0.2) is 22.1 Å². The fourth-order valence-electron chi connectivity index (χ4n) is 1.89. The number of hydrazine groups is 1. The number of aromatic nitrogens is 3. The van der Waals surface area contributed by atoms with E-state index in [4.69, 9.17) is 10.6 Å². The summed E-state index contributed by atoms with van der Waals surface area (Å²) in [7, 11) is 1.57. The number of pyridine rings is 1. The number of rotatable bonds is 6. The molecular weight excluding hydrogens is 242 g/mol. The Labute approximate surface area is 112 Å². The van der Waals surface area contributed by atoms with Crippen molar-refractivity contribution >= 4 is 0 Å². The van der Waals surface area contributed by atoms with Crippen LogP contribution in [0.1, 0.15) is 23.7 Å². The molecule has 6 heteroatoms. The van der Waals surface area contributed by atoms with Crippen LogP contribution in [0.15, 0.2) is 36.9 Å². The second-order valence-corrected chi connectivity index (χ2v) is 4.07. The first-order chi connectivity index (χ1) is 9.35. The van der Waals surface area contributed by atoms with Gasteiger partial charge in [-0.15, -0.1) is 0 Å². The van der Waals surface area contributed by atoms with Crippen molar-refractivity contribution in [2.45, 2.75) is 18.9 Å². The zero-order valence-electron chi connectivity index (χ0n) is 10.8. The van der Waals surface area contributed by atoms with Gasteiger partial charge < -0.3 is 4.74 Å². The van der Waals surface area contributed by atoms with Crippen LogP contribution in [0, 0.1) is 0 Å². The molecule has 0 amide bonds. The molecule has 0 saturated heterocycles. The number of aryl methyl sites for hydroxylation is 1. The van der Waals surface area contributed by atoms with E-state index in [1.807, 2.05) is 18.3 Å². The van der Waals surface area contributed by atoms with E-state index in [0.717, 1.165) is 24.1 Å². The summed E-state index contributed by atoms with van der Waals surface area (Å²) in [6, 6.07) is 3.85. The van der Waals surface area contributed by atoms with Crippen LogP contribution in [0.5, 0.6) is 5.88 Å². The molecule has 0 aromatic carbocycles. The molecule has 1 unspecified atom stereocenters. The third kappa shape index (κ3) is 3.46. The van der Waals surface area contributed by atoms with E-state index in [1.54, 1.807) is 25.7 Å². The molecule has 0 aliphatic rings. The van der Waals surface area contributed by atoms with Gasteiger partial charge in [-0.2, -0.15) is 0 Å². The molecule has 1 atom stereocenters. The van der Waals surface area contributed by atoms with Crippen LogP contribution in [0.2, 0.25) is 0 Å². The van der Waals surface area contributed by atoms with Crippen molar-refractivity contribution in [3.8, 4) is 5.88 Å². The average Bonchev–Trinajstić information content (AvgIpc) is 2.49. The molecule has 0 aliphatic carbocycles. The summed E-state index contributed by atoms with van der Waals surface area (Å²) in [6.45, 7) is 0. The van der Waals surface area contributed by atoms with E-state index in [2.05, 4.69) is 20.4 Å². The topological polar surface area (TPSA) is 86.0 Å². The molecule has 0 aliphatic heterocycles. The summed E-state index contributed by atoms with van der Waals surface area (Å²) in [5.41, 5.74) is 4.64. The lowest BCUT2D eigenvalue weighted by Gasteiger charge is -2.16. The first-order valence-electron chi connectivity index (χ1n) is 6.05. The fourth-order valence-corrected chi connectivity index (χ4v) is 1.89. The standard InChI is InChI=1S/C13H17N5O/c1-19-13-12(16-7-8-17-13)11(18-14)5-4-10-3-2-6-15-9-10/h2-3,6-9,11,18H,4-5,14H2,1H3. The number of hydrogen-bond acceptors (Lipinski definition) is 6. The molecule has 100 valence electrons. The number of nitrogens with one attached hydrogen (secondary N) is 1. The van der Waals surface area contributed by atoms with Crippen molar-refractivity contribution in [1.82, 2.24) is 20.4 Å².